The summed E-state index contributed by atoms with van der Waals surface area (Å²) in [5.74, 6) is 0. The van der Waals surface area contributed by atoms with Crippen LogP contribution in [0.2, 0.25) is 0 Å². The topological polar surface area (TPSA) is 35.5 Å². The van der Waals surface area contributed by atoms with Crippen LogP contribution in [0.25, 0.3) is 0 Å². The standard InChI is InChI=1S/C3H6FO3P/c1-3-7-8(4,5)6-2/h3H,1H2,2H3. The molecule has 1 unspecified atom stereocenters. The fourth-order valence-corrected chi connectivity index (χ4v) is 0.396. The molecule has 5 heteroatoms. The van der Waals surface area contributed by atoms with Crippen LogP contribution in [0.15, 0.2) is 12.8 Å². The molecule has 48 valence electrons. The van der Waals surface area contributed by atoms with Crippen molar-refractivity contribution in [3.8, 4) is 0 Å². The third kappa shape index (κ3) is 2.77. The third-order valence-corrected chi connectivity index (χ3v) is 1.26. The molecule has 0 bridgehead atoms. The number of hydrogen-bond acceptors (Lipinski definition) is 3. The molecule has 0 fully saturated rings. The second-order valence-corrected chi connectivity index (χ2v) is 2.32. The summed E-state index contributed by atoms with van der Waals surface area (Å²) in [5.41, 5.74) is 0. The molecule has 0 aliphatic carbocycles. The van der Waals surface area contributed by atoms with Gasteiger partial charge in [-0.2, -0.15) is 0 Å². The summed E-state index contributed by atoms with van der Waals surface area (Å²) in [6.45, 7) is 2.98. The second kappa shape index (κ2) is 2.84. The number of halogens is 1. The van der Waals surface area contributed by atoms with E-state index < -0.39 is 7.91 Å². The zero-order valence-electron chi connectivity index (χ0n) is 4.33. The highest BCUT2D eigenvalue weighted by atomic mass is 31.2. The molecule has 0 aromatic carbocycles. The first kappa shape index (κ1) is 7.66. The van der Waals surface area contributed by atoms with Crippen LogP contribution in [0.4, 0.5) is 4.20 Å². The summed E-state index contributed by atoms with van der Waals surface area (Å²) in [6, 6.07) is 0. The normalized spacial score (nSPS) is 16.8. The third-order valence-electron chi connectivity index (χ3n) is 0.419. The summed E-state index contributed by atoms with van der Waals surface area (Å²) in [7, 11) is -3.34. The van der Waals surface area contributed by atoms with Gasteiger partial charge in [-0.3, -0.25) is 4.52 Å². The average Bonchev–Trinajstić information content (AvgIpc) is 1.67. The Labute approximate surface area is 46.8 Å². The lowest BCUT2D eigenvalue weighted by Gasteiger charge is -2.00. The van der Waals surface area contributed by atoms with Gasteiger partial charge in [0.15, 0.2) is 0 Å². The Kier molecular flexibility index (Phi) is 2.72. The maximum absolute atomic E-state index is 11.9. The molecular formula is C3H6FO3P. The highest BCUT2D eigenvalue weighted by Gasteiger charge is 2.19. The molecule has 1 atom stereocenters. The highest BCUT2D eigenvalue weighted by molar-refractivity contribution is 7.48. The molecule has 0 rings (SSSR count). The SMILES string of the molecule is C=COP(=O)(F)OC. The minimum Gasteiger partial charge on any atom is -0.410 e. The van der Waals surface area contributed by atoms with E-state index in [1.54, 1.807) is 0 Å². The summed E-state index contributed by atoms with van der Waals surface area (Å²) < 4.78 is 29.4. The summed E-state index contributed by atoms with van der Waals surface area (Å²) in [5, 5.41) is 0. The Morgan fingerprint density at radius 1 is 1.88 bits per heavy atom. The molecule has 0 N–H and O–H groups in total. The van der Waals surface area contributed by atoms with Crippen LogP contribution in [0.3, 0.4) is 0 Å². The van der Waals surface area contributed by atoms with Gasteiger partial charge in [-0.1, -0.05) is 6.58 Å². The molecule has 0 radical (unpaired) electrons. The molecule has 0 aliphatic heterocycles. The number of rotatable bonds is 3. The Bertz CT molecular complexity index is 124. The van der Waals surface area contributed by atoms with E-state index in [2.05, 4.69) is 15.6 Å². The van der Waals surface area contributed by atoms with Crippen molar-refractivity contribution in [2.45, 2.75) is 0 Å². The fourth-order valence-electron chi connectivity index (χ4n) is 0.132. The van der Waals surface area contributed by atoms with Crippen LogP contribution in [0.1, 0.15) is 0 Å². The van der Waals surface area contributed by atoms with Crippen LogP contribution >= 0.6 is 7.91 Å². The van der Waals surface area contributed by atoms with Gasteiger partial charge >= 0.3 is 7.91 Å². The first-order chi connectivity index (χ1) is 3.62. The van der Waals surface area contributed by atoms with Crippen LogP contribution in [0, 0.1) is 0 Å². The van der Waals surface area contributed by atoms with Crippen molar-refractivity contribution < 1.29 is 17.8 Å². The quantitative estimate of drug-likeness (QED) is 0.443. The van der Waals surface area contributed by atoms with E-state index in [0.29, 0.717) is 0 Å². The van der Waals surface area contributed by atoms with Gasteiger partial charge < -0.3 is 4.52 Å². The zero-order chi connectivity index (χ0) is 6.62. The van der Waals surface area contributed by atoms with Crippen LogP contribution in [-0.4, -0.2) is 7.11 Å². The van der Waals surface area contributed by atoms with Gasteiger partial charge in [0.2, 0.25) is 0 Å². The van der Waals surface area contributed by atoms with E-state index in [1.807, 2.05) is 0 Å². The van der Waals surface area contributed by atoms with Gasteiger partial charge in [-0.25, -0.2) is 4.57 Å². The van der Waals surface area contributed by atoms with Crippen molar-refractivity contribution in [3.63, 3.8) is 0 Å². The molecule has 0 amide bonds. The van der Waals surface area contributed by atoms with Gasteiger partial charge in [0.1, 0.15) is 0 Å². The largest absolute Gasteiger partial charge is 0.568 e. The first-order valence-electron chi connectivity index (χ1n) is 1.77. The predicted molar refractivity (Wildman–Crippen MR) is 27.0 cm³/mol. The molecule has 0 spiro atoms. The molecule has 0 aromatic rings. The fraction of sp³-hybridized carbons (Fsp3) is 0.333. The van der Waals surface area contributed by atoms with E-state index in [0.717, 1.165) is 13.4 Å². The molecular weight excluding hydrogens is 134 g/mol. The van der Waals surface area contributed by atoms with E-state index >= 15 is 0 Å². The Balaban J connectivity index is 3.72. The predicted octanol–water partition coefficient (Wildman–Crippen LogP) is 1.87. The molecule has 8 heavy (non-hydrogen) atoms. The van der Waals surface area contributed by atoms with Gasteiger partial charge in [0, 0.05) is 7.11 Å². The van der Waals surface area contributed by atoms with E-state index in [4.69, 9.17) is 0 Å². The zero-order valence-corrected chi connectivity index (χ0v) is 5.23. The van der Waals surface area contributed by atoms with E-state index in [1.165, 1.54) is 0 Å². The van der Waals surface area contributed by atoms with Crippen molar-refractivity contribution in [2.75, 3.05) is 7.11 Å². The van der Waals surface area contributed by atoms with Gasteiger partial charge in [-0.15, -0.1) is 4.20 Å². The van der Waals surface area contributed by atoms with Crippen molar-refractivity contribution in [3.05, 3.63) is 12.8 Å². The van der Waals surface area contributed by atoms with Crippen LogP contribution < -0.4 is 0 Å². The highest BCUT2D eigenvalue weighted by Crippen LogP contribution is 2.48. The van der Waals surface area contributed by atoms with Gasteiger partial charge in [0.05, 0.1) is 6.26 Å². The van der Waals surface area contributed by atoms with E-state index in [-0.39, 0.29) is 0 Å². The lowest BCUT2D eigenvalue weighted by atomic mass is 11.2. The maximum atomic E-state index is 11.9. The molecule has 3 nitrogen and oxygen atoms in total. The van der Waals surface area contributed by atoms with Gasteiger partial charge in [-0.05, 0) is 0 Å². The second-order valence-electron chi connectivity index (χ2n) is 0.885. The van der Waals surface area contributed by atoms with Crippen molar-refractivity contribution >= 4 is 7.91 Å². The molecule has 0 saturated carbocycles. The Morgan fingerprint density at radius 3 is 2.50 bits per heavy atom. The number of hydrogen-bond donors (Lipinski definition) is 0. The van der Waals surface area contributed by atoms with E-state index in [9.17, 15) is 8.76 Å². The summed E-state index contributed by atoms with van der Waals surface area (Å²) in [6.07, 6.45) is 0.726. The minimum atomic E-state index is -4.29. The monoisotopic (exact) mass is 140 g/mol. The molecule has 0 aromatic heterocycles. The maximum Gasteiger partial charge on any atom is 0.568 e. The van der Waals surface area contributed by atoms with Crippen molar-refractivity contribution in [1.29, 1.82) is 0 Å². The summed E-state index contributed by atoms with van der Waals surface area (Å²) in [4.78, 5) is 0. The lowest BCUT2D eigenvalue weighted by Crippen LogP contribution is -1.76. The molecule has 0 saturated heterocycles. The smallest absolute Gasteiger partial charge is 0.410 e. The molecule has 0 aliphatic rings. The Hall–Kier alpha value is -0.340. The van der Waals surface area contributed by atoms with Crippen LogP contribution in [0.5, 0.6) is 0 Å². The molecule has 0 heterocycles. The lowest BCUT2D eigenvalue weighted by molar-refractivity contribution is 0.259. The summed E-state index contributed by atoms with van der Waals surface area (Å²) >= 11 is 0. The van der Waals surface area contributed by atoms with Crippen molar-refractivity contribution in [1.82, 2.24) is 0 Å². The minimum absolute atomic E-state index is 0.726. The van der Waals surface area contributed by atoms with Gasteiger partial charge in [0.25, 0.3) is 0 Å². The van der Waals surface area contributed by atoms with Crippen LogP contribution in [-0.2, 0) is 13.6 Å². The van der Waals surface area contributed by atoms with Crippen molar-refractivity contribution in [2.24, 2.45) is 0 Å². The average molecular weight is 140 g/mol. The Morgan fingerprint density at radius 2 is 2.38 bits per heavy atom. The first-order valence-corrected chi connectivity index (χ1v) is 3.20.